The summed E-state index contributed by atoms with van der Waals surface area (Å²) in [5.41, 5.74) is 0.852. The zero-order chi connectivity index (χ0) is 17.5. The summed E-state index contributed by atoms with van der Waals surface area (Å²) in [5, 5.41) is 15.1. The Morgan fingerprint density at radius 1 is 1.23 bits per heavy atom. The zero-order valence-electron chi connectivity index (χ0n) is 15.7. The van der Waals surface area contributed by atoms with Gasteiger partial charge in [0.25, 0.3) is 0 Å². The van der Waals surface area contributed by atoms with Gasteiger partial charge in [-0.05, 0) is 50.9 Å². The maximum Gasteiger partial charge on any atom is 0.191 e. The second kappa shape index (κ2) is 10.7. The second-order valence-corrected chi connectivity index (χ2v) is 6.69. The number of nitrogens with zero attached hydrogens (tertiary/aromatic N) is 5. The van der Waals surface area contributed by atoms with Crippen molar-refractivity contribution in [1.29, 1.82) is 0 Å². The smallest absolute Gasteiger partial charge is 0.191 e. The van der Waals surface area contributed by atoms with E-state index in [2.05, 4.69) is 44.6 Å². The standard InChI is InChI=1S/C18H29N7.HI/c1-3-19-18(20-9-13-24-11-7-15(2)8-12-24)21-14-17-23-22-16-6-4-5-10-25(16)17;/h4-6,10,15H,3,7-9,11-14H2,1-2H3,(H2,19,20,21);1H. The minimum Gasteiger partial charge on any atom is -0.357 e. The first-order valence-electron chi connectivity index (χ1n) is 9.29. The molecule has 1 fully saturated rings. The number of piperidine rings is 1. The van der Waals surface area contributed by atoms with Gasteiger partial charge in [-0.25, -0.2) is 4.99 Å². The molecule has 144 valence electrons. The first-order valence-corrected chi connectivity index (χ1v) is 9.29. The minimum absolute atomic E-state index is 0. The summed E-state index contributed by atoms with van der Waals surface area (Å²) < 4.78 is 1.97. The molecule has 1 aliphatic heterocycles. The number of pyridine rings is 1. The lowest BCUT2D eigenvalue weighted by atomic mass is 9.99. The maximum atomic E-state index is 4.65. The van der Waals surface area contributed by atoms with E-state index in [1.54, 1.807) is 0 Å². The molecular formula is C18H30IN7. The highest BCUT2D eigenvalue weighted by molar-refractivity contribution is 14.0. The fraction of sp³-hybridized carbons (Fsp3) is 0.611. The number of rotatable bonds is 6. The molecule has 1 saturated heterocycles. The third-order valence-electron chi connectivity index (χ3n) is 4.70. The van der Waals surface area contributed by atoms with Crippen LogP contribution in [0.4, 0.5) is 0 Å². The normalized spacial score (nSPS) is 16.5. The molecule has 3 rings (SSSR count). The number of halogens is 1. The van der Waals surface area contributed by atoms with Gasteiger partial charge in [-0.2, -0.15) is 0 Å². The van der Waals surface area contributed by atoms with E-state index in [0.29, 0.717) is 6.54 Å². The number of guanidine groups is 1. The highest BCUT2D eigenvalue weighted by Gasteiger charge is 2.15. The average molecular weight is 471 g/mol. The summed E-state index contributed by atoms with van der Waals surface area (Å²) in [5.74, 6) is 2.56. The van der Waals surface area contributed by atoms with E-state index in [4.69, 9.17) is 0 Å². The van der Waals surface area contributed by atoms with Gasteiger partial charge in [0.15, 0.2) is 17.4 Å². The molecule has 0 bridgehead atoms. The Kier molecular flexibility index (Phi) is 8.56. The second-order valence-electron chi connectivity index (χ2n) is 6.69. The van der Waals surface area contributed by atoms with Gasteiger partial charge in [-0.1, -0.05) is 13.0 Å². The summed E-state index contributed by atoms with van der Waals surface area (Å²) in [6, 6.07) is 5.89. The van der Waals surface area contributed by atoms with Crippen molar-refractivity contribution in [3.63, 3.8) is 0 Å². The molecule has 3 heterocycles. The molecule has 1 aliphatic rings. The van der Waals surface area contributed by atoms with Crippen LogP contribution in [0.1, 0.15) is 32.5 Å². The van der Waals surface area contributed by atoms with Crippen LogP contribution in [0, 0.1) is 5.92 Å². The maximum absolute atomic E-state index is 4.65. The summed E-state index contributed by atoms with van der Waals surface area (Å²) in [7, 11) is 0. The monoisotopic (exact) mass is 471 g/mol. The number of nitrogens with one attached hydrogen (secondary N) is 2. The molecule has 0 spiro atoms. The zero-order valence-corrected chi connectivity index (χ0v) is 18.0. The number of likely N-dealkylation sites (tertiary alicyclic amines) is 1. The van der Waals surface area contributed by atoms with Crippen molar-refractivity contribution in [3.05, 3.63) is 30.2 Å². The van der Waals surface area contributed by atoms with Gasteiger partial charge in [-0.15, -0.1) is 34.2 Å². The quantitative estimate of drug-likeness (QED) is 0.384. The van der Waals surface area contributed by atoms with Crippen LogP contribution in [0.2, 0.25) is 0 Å². The van der Waals surface area contributed by atoms with Crippen LogP contribution in [0.3, 0.4) is 0 Å². The number of fused-ring (bicyclic) bond motifs is 1. The summed E-state index contributed by atoms with van der Waals surface area (Å²) >= 11 is 0. The van der Waals surface area contributed by atoms with Crippen molar-refractivity contribution in [2.24, 2.45) is 10.9 Å². The van der Waals surface area contributed by atoms with E-state index in [1.165, 1.54) is 25.9 Å². The largest absolute Gasteiger partial charge is 0.357 e. The highest BCUT2D eigenvalue weighted by Crippen LogP contribution is 2.15. The van der Waals surface area contributed by atoms with Gasteiger partial charge in [0, 0.05) is 25.8 Å². The Hall–Kier alpha value is -1.42. The molecule has 8 heteroatoms. The van der Waals surface area contributed by atoms with Gasteiger partial charge < -0.3 is 15.5 Å². The van der Waals surface area contributed by atoms with Crippen molar-refractivity contribution in [1.82, 2.24) is 30.1 Å². The third-order valence-corrected chi connectivity index (χ3v) is 4.70. The molecule has 2 aromatic rings. The average Bonchev–Trinajstić information content (AvgIpc) is 3.04. The van der Waals surface area contributed by atoms with Crippen LogP contribution in [0.15, 0.2) is 29.4 Å². The van der Waals surface area contributed by atoms with Crippen LogP contribution in [-0.2, 0) is 6.54 Å². The Bertz CT molecular complexity index is 692. The molecule has 0 atom stereocenters. The lowest BCUT2D eigenvalue weighted by Crippen LogP contribution is -2.43. The van der Waals surface area contributed by atoms with Gasteiger partial charge >= 0.3 is 0 Å². The fourth-order valence-electron chi connectivity index (χ4n) is 3.11. The minimum atomic E-state index is 0. The van der Waals surface area contributed by atoms with Crippen LogP contribution in [-0.4, -0.2) is 58.2 Å². The van der Waals surface area contributed by atoms with Gasteiger partial charge in [0.05, 0.1) is 0 Å². The van der Waals surface area contributed by atoms with E-state index in [0.717, 1.165) is 43.0 Å². The molecule has 0 saturated carbocycles. The first kappa shape index (κ1) is 20.9. The van der Waals surface area contributed by atoms with E-state index in [-0.39, 0.29) is 24.0 Å². The van der Waals surface area contributed by atoms with Gasteiger partial charge in [0.1, 0.15) is 6.54 Å². The lowest BCUT2D eigenvalue weighted by Gasteiger charge is -2.30. The SMILES string of the molecule is CCNC(=NCc1nnc2ccccn12)NCCN1CCC(C)CC1.I. The molecule has 2 N–H and O–H groups in total. The number of hydrogen-bond acceptors (Lipinski definition) is 4. The van der Waals surface area contributed by atoms with E-state index in [1.807, 2.05) is 28.8 Å². The number of hydrogen-bond donors (Lipinski definition) is 2. The molecule has 0 aliphatic carbocycles. The van der Waals surface area contributed by atoms with Crippen molar-refractivity contribution >= 4 is 35.6 Å². The molecule has 7 nitrogen and oxygen atoms in total. The van der Waals surface area contributed by atoms with Crippen LogP contribution in [0.25, 0.3) is 5.65 Å². The van der Waals surface area contributed by atoms with Crippen molar-refractivity contribution in [2.75, 3.05) is 32.7 Å². The number of aliphatic imine (C=N–C) groups is 1. The van der Waals surface area contributed by atoms with Crippen molar-refractivity contribution < 1.29 is 0 Å². The molecule has 26 heavy (non-hydrogen) atoms. The summed E-state index contributed by atoms with van der Waals surface area (Å²) in [4.78, 5) is 7.18. The highest BCUT2D eigenvalue weighted by atomic mass is 127. The fourth-order valence-corrected chi connectivity index (χ4v) is 3.11. The molecule has 0 amide bonds. The topological polar surface area (TPSA) is 69.8 Å². The third kappa shape index (κ3) is 5.80. The predicted octanol–water partition coefficient (Wildman–Crippen LogP) is 2.13. The lowest BCUT2D eigenvalue weighted by molar-refractivity contribution is 0.195. The molecule has 2 aromatic heterocycles. The molecule has 0 radical (unpaired) electrons. The molecular weight excluding hydrogens is 441 g/mol. The van der Waals surface area contributed by atoms with Gasteiger partial charge in [-0.3, -0.25) is 4.40 Å². The molecule has 0 aromatic carbocycles. The van der Waals surface area contributed by atoms with Crippen LogP contribution < -0.4 is 10.6 Å². The Morgan fingerprint density at radius 2 is 2.04 bits per heavy atom. The van der Waals surface area contributed by atoms with Crippen LogP contribution >= 0.6 is 24.0 Å². The van der Waals surface area contributed by atoms with E-state index in [9.17, 15) is 0 Å². The summed E-state index contributed by atoms with van der Waals surface area (Å²) in [6.07, 6.45) is 4.60. The van der Waals surface area contributed by atoms with E-state index >= 15 is 0 Å². The van der Waals surface area contributed by atoms with Crippen molar-refractivity contribution in [2.45, 2.75) is 33.2 Å². The van der Waals surface area contributed by atoms with Crippen molar-refractivity contribution in [3.8, 4) is 0 Å². The Labute approximate surface area is 172 Å². The van der Waals surface area contributed by atoms with Crippen LogP contribution in [0.5, 0.6) is 0 Å². The predicted molar refractivity (Wildman–Crippen MR) is 116 cm³/mol. The Balaban J connectivity index is 0.00000243. The summed E-state index contributed by atoms with van der Waals surface area (Å²) in [6.45, 7) is 10.2. The first-order chi connectivity index (χ1) is 12.3. The Morgan fingerprint density at radius 3 is 2.81 bits per heavy atom. The molecule has 0 unspecified atom stereocenters. The number of aromatic nitrogens is 3. The van der Waals surface area contributed by atoms with Gasteiger partial charge in [0.2, 0.25) is 0 Å². The van der Waals surface area contributed by atoms with E-state index < -0.39 is 0 Å².